The molecule has 4 N–H and O–H groups in total. The summed E-state index contributed by atoms with van der Waals surface area (Å²) in [4.78, 5) is 8.64. The van der Waals surface area contributed by atoms with Crippen LogP contribution in [0.3, 0.4) is 0 Å². The summed E-state index contributed by atoms with van der Waals surface area (Å²) in [7, 11) is 0. The molecule has 0 bridgehead atoms. The molecule has 0 spiro atoms. The molecule has 0 radical (unpaired) electrons. The van der Waals surface area contributed by atoms with Crippen LogP contribution in [0.2, 0.25) is 0 Å². The van der Waals surface area contributed by atoms with Gasteiger partial charge in [-0.05, 0) is 5.53 Å². The lowest BCUT2D eigenvalue weighted by Crippen LogP contribution is -2.25. The lowest BCUT2D eigenvalue weighted by Gasteiger charge is -2.19. The first-order valence-electron chi connectivity index (χ1n) is 4.84. The van der Waals surface area contributed by atoms with Crippen LogP contribution < -0.4 is 5.73 Å². The van der Waals surface area contributed by atoms with E-state index in [-0.39, 0.29) is 0 Å². The van der Waals surface area contributed by atoms with Gasteiger partial charge in [-0.2, -0.15) is 13.2 Å². The number of rotatable bonds is 4. The number of nitrogens with zero attached hydrogens (tertiary/aromatic N) is 5. The maximum atomic E-state index is 12.7. The Hall–Kier alpha value is -2.10. The number of hydrogen-bond donors (Lipinski definition) is 3. The number of aliphatic hydroxyl groups excluding tert-OH is 2. The monoisotopic (exact) mass is 278 g/mol. The van der Waals surface area contributed by atoms with E-state index in [0.29, 0.717) is 6.20 Å². The van der Waals surface area contributed by atoms with E-state index in [9.17, 15) is 23.4 Å². The van der Waals surface area contributed by atoms with Gasteiger partial charge in [0.15, 0.2) is 5.69 Å². The van der Waals surface area contributed by atoms with E-state index in [1.165, 1.54) is 0 Å². The highest BCUT2D eigenvalue weighted by atomic mass is 19.4. The summed E-state index contributed by atoms with van der Waals surface area (Å²) in [5, 5.41) is 21.9. The lowest BCUT2D eigenvalue weighted by atomic mass is 10.0. The van der Waals surface area contributed by atoms with Crippen LogP contribution in [0.15, 0.2) is 11.3 Å². The predicted molar refractivity (Wildman–Crippen MR) is 56.4 cm³/mol. The Morgan fingerprint density at radius 3 is 2.63 bits per heavy atom. The minimum Gasteiger partial charge on any atom is -0.390 e. The molecule has 19 heavy (non-hydrogen) atoms. The zero-order valence-electron chi connectivity index (χ0n) is 9.28. The quantitative estimate of drug-likeness (QED) is 0.424. The molecule has 0 fully saturated rings. The smallest absolute Gasteiger partial charge is 0.390 e. The molecule has 0 saturated heterocycles. The van der Waals surface area contributed by atoms with Crippen LogP contribution in [0.5, 0.6) is 0 Å². The van der Waals surface area contributed by atoms with Crippen molar-refractivity contribution in [3.63, 3.8) is 0 Å². The Morgan fingerprint density at radius 2 is 2.11 bits per heavy atom. The summed E-state index contributed by atoms with van der Waals surface area (Å²) in [6.07, 6.45) is -7.88. The van der Waals surface area contributed by atoms with Crippen molar-refractivity contribution >= 4 is 5.95 Å². The molecular formula is C8H9F3N6O2. The van der Waals surface area contributed by atoms with Gasteiger partial charge in [-0.15, -0.1) is 0 Å². The topological polar surface area (TPSA) is 141 Å². The molecule has 8 nitrogen and oxygen atoms in total. The van der Waals surface area contributed by atoms with Crippen molar-refractivity contribution in [2.45, 2.75) is 18.4 Å². The first kappa shape index (κ1) is 15.0. The molecule has 0 aliphatic rings. The van der Waals surface area contributed by atoms with Crippen molar-refractivity contribution in [2.24, 2.45) is 5.11 Å². The van der Waals surface area contributed by atoms with Gasteiger partial charge in [-0.25, -0.2) is 9.97 Å². The average molecular weight is 278 g/mol. The largest absolute Gasteiger partial charge is 0.433 e. The van der Waals surface area contributed by atoms with Crippen molar-refractivity contribution in [3.05, 3.63) is 27.9 Å². The number of nitrogens with two attached hydrogens (primary N) is 1. The van der Waals surface area contributed by atoms with E-state index in [2.05, 4.69) is 20.0 Å². The van der Waals surface area contributed by atoms with Crippen molar-refractivity contribution in [1.82, 2.24) is 9.97 Å². The fourth-order valence-electron chi connectivity index (χ4n) is 1.28. The average Bonchev–Trinajstić information content (AvgIpc) is 2.34. The first-order chi connectivity index (χ1) is 8.77. The SMILES string of the molecule is [N-]=[N+]=NCC(O)C(O)c1cnc(N)nc1C(F)(F)F. The van der Waals surface area contributed by atoms with Crippen LogP contribution in [-0.4, -0.2) is 32.8 Å². The maximum Gasteiger partial charge on any atom is 0.433 e. The Morgan fingerprint density at radius 1 is 1.47 bits per heavy atom. The number of hydrogen-bond acceptors (Lipinski definition) is 6. The summed E-state index contributed by atoms with van der Waals surface area (Å²) in [5.41, 5.74) is 10.9. The number of alkyl halides is 3. The molecule has 1 aromatic rings. The van der Waals surface area contributed by atoms with Crippen LogP contribution in [-0.2, 0) is 6.18 Å². The molecule has 1 heterocycles. The number of halogens is 3. The molecule has 2 unspecified atom stereocenters. The molecule has 0 saturated carbocycles. The van der Waals surface area contributed by atoms with Crippen LogP contribution in [0.4, 0.5) is 19.1 Å². The van der Waals surface area contributed by atoms with Gasteiger partial charge in [0.25, 0.3) is 0 Å². The Balaban J connectivity index is 3.15. The van der Waals surface area contributed by atoms with Gasteiger partial charge >= 0.3 is 6.18 Å². The number of aliphatic hydroxyl groups is 2. The van der Waals surface area contributed by atoms with Gasteiger partial charge in [0.1, 0.15) is 6.10 Å². The number of azide groups is 1. The Labute approximate surface area is 104 Å². The van der Waals surface area contributed by atoms with E-state index in [4.69, 9.17) is 11.3 Å². The molecule has 2 atom stereocenters. The molecule has 104 valence electrons. The van der Waals surface area contributed by atoms with Gasteiger partial charge in [0.05, 0.1) is 12.6 Å². The van der Waals surface area contributed by atoms with Crippen LogP contribution >= 0.6 is 0 Å². The molecule has 1 aromatic heterocycles. The fourth-order valence-corrected chi connectivity index (χ4v) is 1.28. The van der Waals surface area contributed by atoms with Crippen molar-refractivity contribution in [2.75, 3.05) is 12.3 Å². The van der Waals surface area contributed by atoms with Gasteiger partial charge in [-0.3, -0.25) is 0 Å². The predicted octanol–water partition coefficient (Wildman–Crippen LogP) is 0.782. The van der Waals surface area contributed by atoms with Crippen LogP contribution in [0, 0.1) is 0 Å². The lowest BCUT2D eigenvalue weighted by molar-refractivity contribution is -0.143. The van der Waals surface area contributed by atoms with Crippen molar-refractivity contribution < 1.29 is 23.4 Å². The van der Waals surface area contributed by atoms with E-state index in [0.717, 1.165) is 0 Å². The molecular weight excluding hydrogens is 269 g/mol. The Kier molecular flexibility index (Phi) is 4.48. The molecule has 0 amide bonds. The summed E-state index contributed by atoms with van der Waals surface area (Å²) in [6, 6.07) is 0. The maximum absolute atomic E-state index is 12.7. The normalized spacial score (nSPS) is 14.6. The van der Waals surface area contributed by atoms with E-state index >= 15 is 0 Å². The highest BCUT2D eigenvalue weighted by molar-refractivity contribution is 5.29. The third-order valence-corrected chi connectivity index (χ3v) is 2.12. The highest BCUT2D eigenvalue weighted by Gasteiger charge is 2.38. The third kappa shape index (κ3) is 3.68. The van der Waals surface area contributed by atoms with Crippen molar-refractivity contribution in [3.8, 4) is 0 Å². The second kappa shape index (κ2) is 5.69. The Bertz CT molecular complexity index is 502. The van der Waals surface area contributed by atoms with Crippen LogP contribution in [0.25, 0.3) is 10.4 Å². The van der Waals surface area contributed by atoms with Gasteiger partial charge in [-0.1, -0.05) is 5.11 Å². The second-order valence-corrected chi connectivity index (χ2v) is 3.46. The summed E-state index contributed by atoms with van der Waals surface area (Å²) >= 11 is 0. The minimum atomic E-state index is -4.87. The molecule has 11 heteroatoms. The number of anilines is 1. The van der Waals surface area contributed by atoms with Crippen LogP contribution in [0.1, 0.15) is 17.4 Å². The van der Waals surface area contributed by atoms with Gasteiger partial charge in [0, 0.05) is 16.7 Å². The fraction of sp³-hybridized carbons (Fsp3) is 0.500. The standard InChI is InChI=1S/C8H9F3N6O2/c9-8(10,11)6-3(1-14-7(12)16-6)5(19)4(18)2-15-17-13/h1,4-5,18-19H,2H2,(H2,12,14,16). The molecule has 0 aliphatic heterocycles. The van der Waals surface area contributed by atoms with E-state index in [1.54, 1.807) is 0 Å². The first-order valence-corrected chi connectivity index (χ1v) is 4.84. The van der Waals surface area contributed by atoms with Crippen molar-refractivity contribution in [1.29, 1.82) is 0 Å². The third-order valence-electron chi connectivity index (χ3n) is 2.12. The highest BCUT2D eigenvalue weighted by Crippen LogP contribution is 2.34. The van der Waals surface area contributed by atoms with E-state index in [1.807, 2.05) is 0 Å². The zero-order chi connectivity index (χ0) is 14.6. The minimum absolute atomic E-state index is 0.598. The number of nitrogen functional groups attached to an aromatic ring is 1. The summed E-state index contributed by atoms with van der Waals surface area (Å²) < 4.78 is 38.1. The zero-order valence-corrected chi connectivity index (χ0v) is 9.28. The van der Waals surface area contributed by atoms with E-state index < -0.39 is 42.1 Å². The van der Waals surface area contributed by atoms with Gasteiger partial charge < -0.3 is 15.9 Å². The van der Waals surface area contributed by atoms with Gasteiger partial charge in [0.2, 0.25) is 5.95 Å². The summed E-state index contributed by atoms with van der Waals surface area (Å²) in [5.74, 6) is -0.618. The molecule has 0 aromatic carbocycles. The number of aromatic nitrogens is 2. The molecule has 1 rings (SSSR count). The second-order valence-electron chi connectivity index (χ2n) is 3.46. The summed E-state index contributed by atoms with van der Waals surface area (Å²) in [6.45, 7) is -0.598. The molecule has 0 aliphatic carbocycles.